The maximum Gasteiger partial charge on any atom is 0.231 e. The van der Waals surface area contributed by atoms with E-state index in [1.165, 1.54) is 11.3 Å². The van der Waals surface area contributed by atoms with E-state index >= 15 is 0 Å². The van der Waals surface area contributed by atoms with E-state index in [0.717, 1.165) is 30.4 Å². The lowest BCUT2D eigenvalue weighted by molar-refractivity contribution is 0.857. The van der Waals surface area contributed by atoms with Crippen LogP contribution in [0.5, 0.6) is 0 Å². The predicted octanol–water partition coefficient (Wildman–Crippen LogP) is 2.30. The van der Waals surface area contributed by atoms with Gasteiger partial charge < -0.3 is 10.2 Å². The molecule has 0 unspecified atom stereocenters. The average molecular weight is 251 g/mol. The first-order valence-electron chi connectivity index (χ1n) is 6.27. The lowest BCUT2D eigenvalue weighted by atomic mass is 10.1. The lowest BCUT2D eigenvalue weighted by Gasteiger charge is -2.26. The smallest absolute Gasteiger partial charge is 0.231 e. The highest BCUT2D eigenvalue weighted by Crippen LogP contribution is 2.38. The molecule has 2 aromatic rings. The zero-order chi connectivity index (χ0) is 12.8. The molecule has 0 spiro atoms. The Hall–Kier alpha value is -2.56. The molecule has 2 aliphatic heterocycles. The predicted molar refractivity (Wildman–Crippen MR) is 74.4 cm³/mol. The van der Waals surface area contributed by atoms with Crippen LogP contribution in [0.3, 0.4) is 0 Å². The summed E-state index contributed by atoms with van der Waals surface area (Å²) < 4.78 is 1.85. The first kappa shape index (κ1) is 10.4. The number of allylic oxidation sites excluding steroid dienone is 1. The van der Waals surface area contributed by atoms with Crippen molar-refractivity contribution in [3.63, 3.8) is 0 Å². The molecule has 94 valence electrons. The van der Waals surface area contributed by atoms with Crippen LogP contribution < -0.4 is 10.2 Å². The van der Waals surface area contributed by atoms with Crippen molar-refractivity contribution >= 4 is 17.5 Å². The second-order valence-corrected chi connectivity index (χ2v) is 4.64. The van der Waals surface area contributed by atoms with Gasteiger partial charge in [-0.1, -0.05) is 24.8 Å². The molecular weight excluding hydrogens is 238 g/mol. The van der Waals surface area contributed by atoms with E-state index in [9.17, 15) is 0 Å². The van der Waals surface area contributed by atoms with Gasteiger partial charge in [-0.2, -0.15) is 14.8 Å². The zero-order valence-electron chi connectivity index (χ0n) is 10.4. The van der Waals surface area contributed by atoms with Crippen molar-refractivity contribution in [1.82, 2.24) is 14.8 Å². The summed E-state index contributed by atoms with van der Waals surface area (Å²) in [6, 6.07) is 10.3. The Morgan fingerprint density at radius 3 is 2.89 bits per heavy atom. The minimum atomic E-state index is 0.728. The summed E-state index contributed by atoms with van der Waals surface area (Å²) in [6.07, 6.45) is 2.53. The maximum atomic E-state index is 4.31. The summed E-state index contributed by atoms with van der Waals surface area (Å²) in [7, 11) is 0. The summed E-state index contributed by atoms with van der Waals surface area (Å²) in [4.78, 5) is 6.48. The molecule has 1 aromatic heterocycles. The van der Waals surface area contributed by atoms with Crippen LogP contribution >= 0.6 is 0 Å². The van der Waals surface area contributed by atoms with Gasteiger partial charge in [0.05, 0.1) is 0 Å². The molecular formula is C14H13N5. The average Bonchev–Trinajstić information content (AvgIpc) is 3.05. The molecule has 19 heavy (non-hydrogen) atoms. The number of aromatic nitrogens is 3. The van der Waals surface area contributed by atoms with Crippen LogP contribution in [0.2, 0.25) is 0 Å². The summed E-state index contributed by atoms with van der Waals surface area (Å²) in [5.74, 6) is 1.80. The van der Waals surface area contributed by atoms with E-state index in [1.54, 1.807) is 6.33 Å². The largest absolute Gasteiger partial charge is 0.326 e. The molecule has 0 amide bonds. The fraction of sp³-hybridized carbons (Fsp3) is 0.143. The number of benzene rings is 1. The molecule has 0 saturated carbocycles. The van der Waals surface area contributed by atoms with Crippen LogP contribution in [0.25, 0.3) is 5.82 Å². The molecule has 1 N–H and O–H groups in total. The number of rotatable bonds is 1. The molecule has 0 atom stereocenters. The Balaban J connectivity index is 1.88. The number of para-hydroxylation sites is 1. The number of fused-ring (bicyclic) bond motifs is 2. The van der Waals surface area contributed by atoms with Gasteiger partial charge in [-0.05, 0) is 18.6 Å². The molecule has 3 heterocycles. The first-order valence-corrected chi connectivity index (χ1v) is 6.27. The SMILES string of the molecule is C=C1Nc2ncnn2C2=C1CCN2c1ccccc1. The van der Waals surface area contributed by atoms with E-state index < -0.39 is 0 Å². The number of hydrogen-bond acceptors (Lipinski definition) is 4. The van der Waals surface area contributed by atoms with Gasteiger partial charge in [0.1, 0.15) is 12.1 Å². The van der Waals surface area contributed by atoms with Gasteiger partial charge in [-0.25, -0.2) is 0 Å². The standard InChI is InChI=1S/C14H13N5/c1-10-12-7-8-18(11-5-3-2-4-6-11)13(12)19-14(17-10)15-9-16-19/h2-6,9H,1,7-8H2,(H,15,16,17). The second kappa shape index (κ2) is 3.71. The highest BCUT2D eigenvalue weighted by atomic mass is 15.5. The van der Waals surface area contributed by atoms with Gasteiger partial charge in [-0.15, -0.1) is 0 Å². The van der Waals surface area contributed by atoms with Crippen molar-refractivity contribution in [2.75, 3.05) is 16.8 Å². The molecule has 5 heteroatoms. The maximum absolute atomic E-state index is 4.31. The first-order chi connectivity index (χ1) is 9.34. The fourth-order valence-electron chi connectivity index (χ4n) is 2.68. The number of nitrogens with one attached hydrogen (secondary N) is 1. The molecule has 2 aliphatic rings. The Bertz CT molecular complexity index is 683. The molecule has 0 aliphatic carbocycles. The molecule has 5 nitrogen and oxygen atoms in total. The molecule has 0 saturated heterocycles. The third-order valence-electron chi connectivity index (χ3n) is 3.55. The van der Waals surface area contributed by atoms with Crippen molar-refractivity contribution in [1.29, 1.82) is 0 Å². The Kier molecular flexibility index (Phi) is 2.03. The normalized spacial score (nSPS) is 17.3. The van der Waals surface area contributed by atoms with E-state index in [2.05, 4.69) is 39.0 Å². The van der Waals surface area contributed by atoms with Crippen molar-refractivity contribution in [3.05, 3.63) is 54.5 Å². The van der Waals surface area contributed by atoms with E-state index in [-0.39, 0.29) is 0 Å². The summed E-state index contributed by atoms with van der Waals surface area (Å²) in [5, 5.41) is 7.51. The second-order valence-electron chi connectivity index (χ2n) is 4.64. The van der Waals surface area contributed by atoms with Crippen LogP contribution in [0.1, 0.15) is 6.42 Å². The van der Waals surface area contributed by atoms with E-state index in [0.29, 0.717) is 0 Å². The lowest BCUT2D eigenvalue weighted by Crippen LogP contribution is -2.25. The zero-order valence-corrected chi connectivity index (χ0v) is 10.4. The van der Waals surface area contributed by atoms with Crippen molar-refractivity contribution in [2.24, 2.45) is 0 Å². The summed E-state index contributed by atoms with van der Waals surface area (Å²) in [5.41, 5.74) is 3.31. The summed E-state index contributed by atoms with van der Waals surface area (Å²) in [6.45, 7) is 5.03. The molecule has 1 aromatic carbocycles. The topological polar surface area (TPSA) is 46.0 Å². The van der Waals surface area contributed by atoms with Gasteiger partial charge in [0.15, 0.2) is 0 Å². The van der Waals surface area contributed by atoms with Crippen LogP contribution in [-0.4, -0.2) is 21.3 Å². The van der Waals surface area contributed by atoms with Crippen molar-refractivity contribution < 1.29 is 0 Å². The highest BCUT2D eigenvalue weighted by Gasteiger charge is 2.32. The van der Waals surface area contributed by atoms with E-state index in [4.69, 9.17) is 0 Å². The minimum Gasteiger partial charge on any atom is -0.326 e. The molecule has 0 fully saturated rings. The number of anilines is 2. The Labute approximate surface area is 110 Å². The third kappa shape index (κ3) is 1.41. The van der Waals surface area contributed by atoms with Gasteiger partial charge in [0.25, 0.3) is 0 Å². The number of hydrogen-bond donors (Lipinski definition) is 1. The minimum absolute atomic E-state index is 0.728. The Morgan fingerprint density at radius 2 is 2.05 bits per heavy atom. The molecule has 4 rings (SSSR count). The Morgan fingerprint density at radius 1 is 1.21 bits per heavy atom. The van der Waals surface area contributed by atoms with E-state index in [1.807, 2.05) is 22.9 Å². The fourth-order valence-corrected chi connectivity index (χ4v) is 2.68. The van der Waals surface area contributed by atoms with Gasteiger partial charge in [-0.3, -0.25) is 0 Å². The van der Waals surface area contributed by atoms with Crippen molar-refractivity contribution in [3.8, 4) is 0 Å². The third-order valence-corrected chi connectivity index (χ3v) is 3.55. The van der Waals surface area contributed by atoms with Gasteiger partial charge >= 0.3 is 0 Å². The highest BCUT2D eigenvalue weighted by molar-refractivity contribution is 5.80. The van der Waals surface area contributed by atoms with Gasteiger partial charge in [0.2, 0.25) is 5.95 Å². The molecule has 0 bridgehead atoms. The van der Waals surface area contributed by atoms with Gasteiger partial charge in [0, 0.05) is 23.5 Å². The van der Waals surface area contributed by atoms with Crippen molar-refractivity contribution in [2.45, 2.75) is 6.42 Å². The van der Waals surface area contributed by atoms with Crippen LogP contribution in [-0.2, 0) is 0 Å². The quantitative estimate of drug-likeness (QED) is 0.844. The van der Waals surface area contributed by atoms with Crippen LogP contribution in [0.15, 0.2) is 54.5 Å². The summed E-state index contributed by atoms with van der Waals surface area (Å²) >= 11 is 0. The number of nitrogens with zero attached hydrogens (tertiary/aromatic N) is 4. The van der Waals surface area contributed by atoms with Crippen LogP contribution in [0.4, 0.5) is 11.6 Å². The van der Waals surface area contributed by atoms with Crippen LogP contribution in [0, 0.1) is 0 Å². The monoisotopic (exact) mass is 251 g/mol. The molecule has 0 radical (unpaired) electrons.